The molecule has 12 aromatic rings. The normalized spacial score (nSPS) is 11.2. The smallest absolute Gasteiger partial charge is 0.309 e. The lowest BCUT2D eigenvalue weighted by molar-refractivity contribution is -0.142. The Labute approximate surface area is 496 Å². The number of hydrogen-bond donors (Lipinski definition) is 0. The summed E-state index contributed by atoms with van der Waals surface area (Å²) in [5.41, 5.74) is 1.44. The molecule has 0 bridgehead atoms. The number of alkyl halides is 6. The van der Waals surface area contributed by atoms with Gasteiger partial charge in [-0.25, -0.2) is 19.4 Å². The van der Waals surface area contributed by atoms with Crippen molar-refractivity contribution in [2.75, 3.05) is 0 Å². The second-order valence-electron chi connectivity index (χ2n) is 20.3. The van der Waals surface area contributed by atoms with Crippen molar-refractivity contribution in [2.24, 2.45) is 0 Å². The lowest BCUT2D eigenvalue weighted by Gasteiger charge is -2.22. The van der Waals surface area contributed by atoms with Crippen LogP contribution in [0, 0.1) is 82.9 Å². The minimum absolute atomic E-state index is 0.0336. The van der Waals surface area contributed by atoms with Crippen molar-refractivity contribution in [3.63, 3.8) is 0 Å². The van der Waals surface area contributed by atoms with Crippen molar-refractivity contribution in [2.45, 2.75) is 12.4 Å². The van der Waals surface area contributed by atoms with E-state index in [0.29, 0.717) is 94.2 Å². The Balaban J connectivity index is 1.26. The van der Waals surface area contributed by atoms with Gasteiger partial charge < -0.3 is 9.13 Å². The predicted molar refractivity (Wildman–Crippen MR) is 321 cm³/mol. The summed E-state index contributed by atoms with van der Waals surface area (Å²) >= 11 is 0. The summed E-state index contributed by atoms with van der Waals surface area (Å²) in [7, 11) is 0. The van der Waals surface area contributed by atoms with Crippen LogP contribution in [0.15, 0.2) is 176 Å². The molecule has 0 aliphatic rings. The van der Waals surface area contributed by atoms with Gasteiger partial charge in [0.2, 0.25) is 0 Å². The summed E-state index contributed by atoms with van der Waals surface area (Å²) < 4.78 is 95.2. The van der Waals surface area contributed by atoms with Gasteiger partial charge in [-0.05, 0) is 171 Å². The molecule has 2 heterocycles. The summed E-state index contributed by atoms with van der Waals surface area (Å²) in [5.74, 6) is 0. The monoisotopic (exact) mass is 1150 g/mol. The van der Waals surface area contributed by atoms with Gasteiger partial charge in [-0.15, -0.1) is 0 Å². The molecule has 17 heteroatoms. The van der Waals surface area contributed by atoms with Gasteiger partial charge in [0.15, 0.2) is 22.7 Å². The standard InChI is InChI=1S/C71H29F6N11/c1-83-53-19-39(34-78)15-47(23-53)43-5-10-58-59-11-6-44(48-16-40(35-79)20-54(24-48)84-2)28-66(59)87(65(58)27-43)64-33-62(57-14-9-52(70(72,73)74)32-63(57)71(75,76)77)69(31-51(64)38-82)88-67-29-45(49-17-41(36-80)21-55(25-49)85-3)7-12-60(67)61-13-8-46(30-68(61)88)50-18-42(37-81)22-56(26-50)86-4/h5-33H. The summed E-state index contributed by atoms with van der Waals surface area (Å²) in [5, 5.41) is 53.8. The van der Waals surface area contributed by atoms with E-state index in [0.717, 1.165) is 6.07 Å². The first-order valence-electron chi connectivity index (χ1n) is 26.2. The van der Waals surface area contributed by atoms with E-state index in [1.165, 1.54) is 36.4 Å². The zero-order valence-corrected chi connectivity index (χ0v) is 44.9. The minimum atomic E-state index is -5.44. The van der Waals surface area contributed by atoms with Crippen molar-refractivity contribution >= 4 is 66.4 Å². The van der Waals surface area contributed by atoms with E-state index in [4.69, 9.17) is 26.3 Å². The quantitative estimate of drug-likeness (QED) is 0.115. The van der Waals surface area contributed by atoms with E-state index >= 15 is 13.2 Å². The Hall–Kier alpha value is -13.2. The molecule has 2 aromatic heterocycles. The van der Waals surface area contributed by atoms with Crippen molar-refractivity contribution in [1.29, 1.82) is 26.3 Å². The number of nitriles is 5. The second-order valence-corrected chi connectivity index (χ2v) is 20.3. The number of benzene rings is 10. The van der Waals surface area contributed by atoms with Gasteiger partial charge in [0.05, 0.1) is 101 Å². The average molecular weight is 1150 g/mol. The molecule has 0 N–H and O–H groups in total. The Morgan fingerprint density at radius 3 is 0.955 bits per heavy atom. The molecule has 0 saturated carbocycles. The predicted octanol–water partition coefficient (Wildman–Crippen LogP) is 19.8. The highest BCUT2D eigenvalue weighted by atomic mass is 19.4. The molecule has 410 valence electrons. The molecule has 0 unspecified atom stereocenters. The number of rotatable bonds is 7. The first-order chi connectivity index (χ1) is 42.4. The maximum atomic E-state index is 16.0. The van der Waals surface area contributed by atoms with Gasteiger partial charge in [-0.2, -0.15) is 52.7 Å². The summed E-state index contributed by atoms with van der Waals surface area (Å²) in [6.07, 6.45) is -10.7. The molecule has 0 amide bonds. The van der Waals surface area contributed by atoms with Gasteiger partial charge in [0, 0.05) is 49.4 Å². The molecule has 0 spiro atoms. The Bertz CT molecular complexity index is 5110. The van der Waals surface area contributed by atoms with Crippen molar-refractivity contribution in [3.05, 3.63) is 261 Å². The molecule has 11 nitrogen and oxygen atoms in total. The Morgan fingerprint density at radius 1 is 0.318 bits per heavy atom. The molecule has 0 atom stereocenters. The SMILES string of the molecule is [C-]#[N+]c1cc(C#N)cc(-c2ccc3c4ccc(-c5cc(C#N)cc([N+]#[C-])c5)cc4n(-c4cc(-c5ccc(C(F)(F)F)cc5C(F)(F)F)c(-n5c6cc(-c7cc(C#N)cc([N+]#[C-])c7)ccc6c6ccc(-c7cc(C#N)cc([N+]#[C-])c7)cc65)cc4C#N)c3c2)c1. The fraction of sp³-hybridized carbons (Fsp3) is 0.0282. The van der Waals surface area contributed by atoms with E-state index in [9.17, 15) is 39.5 Å². The number of fused-ring (bicyclic) bond motifs is 6. The van der Waals surface area contributed by atoms with E-state index in [1.54, 1.807) is 130 Å². The van der Waals surface area contributed by atoms with Gasteiger partial charge in [-0.1, -0.05) is 54.6 Å². The number of aromatic nitrogens is 2. The van der Waals surface area contributed by atoms with Crippen LogP contribution in [-0.2, 0) is 12.4 Å². The molecule has 10 aromatic carbocycles. The zero-order chi connectivity index (χ0) is 61.9. The highest BCUT2D eigenvalue weighted by Crippen LogP contribution is 2.48. The van der Waals surface area contributed by atoms with Crippen molar-refractivity contribution in [3.8, 4) is 97.4 Å². The third-order valence-electron chi connectivity index (χ3n) is 15.2. The van der Waals surface area contributed by atoms with Crippen LogP contribution in [-0.4, -0.2) is 9.13 Å². The molecule has 0 aliphatic heterocycles. The first kappa shape index (κ1) is 55.3. The van der Waals surface area contributed by atoms with Crippen LogP contribution in [0.4, 0.5) is 49.1 Å². The topological polar surface area (TPSA) is 146 Å². The minimum Gasteiger partial charge on any atom is -0.309 e. The Kier molecular flexibility index (Phi) is 13.3. The highest BCUT2D eigenvalue weighted by molar-refractivity contribution is 6.13. The van der Waals surface area contributed by atoms with Crippen LogP contribution >= 0.6 is 0 Å². The number of halogens is 6. The summed E-state index contributed by atoms with van der Waals surface area (Å²) in [6.45, 7) is 31.2. The fourth-order valence-corrected chi connectivity index (χ4v) is 11.3. The maximum absolute atomic E-state index is 16.0. The third-order valence-corrected chi connectivity index (χ3v) is 15.2. The van der Waals surface area contributed by atoms with Crippen molar-refractivity contribution < 1.29 is 26.3 Å². The number of hydrogen-bond acceptors (Lipinski definition) is 5. The van der Waals surface area contributed by atoms with Crippen LogP contribution in [0.3, 0.4) is 0 Å². The average Bonchev–Trinajstić information content (AvgIpc) is 1.71. The zero-order valence-electron chi connectivity index (χ0n) is 44.9. The van der Waals surface area contributed by atoms with Gasteiger partial charge in [0.1, 0.15) is 6.07 Å². The molecule has 12 rings (SSSR count). The van der Waals surface area contributed by atoms with E-state index < -0.39 is 29.0 Å². The van der Waals surface area contributed by atoms with Crippen LogP contribution in [0.5, 0.6) is 0 Å². The first-order valence-corrected chi connectivity index (χ1v) is 26.2. The third kappa shape index (κ3) is 9.59. The van der Waals surface area contributed by atoms with E-state index in [-0.39, 0.29) is 73.6 Å². The largest absolute Gasteiger partial charge is 0.417 e. The molecule has 0 saturated heterocycles. The van der Waals surface area contributed by atoms with Crippen LogP contribution < -0.4 is 0 Å². The van der Waals surface area contributed by atoms with E-state index in [1.807, 2.05) is 0 Å². The van der Waals surface area contributed by atoms with Gasteiger partial charge in [-0.3, -0.25) is 0 Å². The highest BCUT2D eigenvalue weighted by Gasteiger charge is 2.39. The van der Waals surface area contributed by atoms with Gasteiger partial charge in [0.25, 0.3) is 0 Å². The molecule has 0 radical (unpaired) electrons. The molecule has 88 heavy (non-hydrogen) atoms. The second kappa shape index (κ2) is 21.2. The lowest BCUT2D eigenvalue weighted by atomic mass is 9.93. The van der Waals surface area contributed by atoms with Crippen LogP contribution in [0.1, 0.15) is 38.9 Å². The molecule has 0 aliphatic carbocycles. The lowest BCUT2D eigenvalue weighted by Crippen LogP contribution is -2.13. The summed E-state index contributed by atoms with van der Waals surface area (Å²) in [4.78, 5) is 14.2. The van der Waals surface area contributed by atoms with Crippen molar-refractivity contribution in [1.82, 2.24) is 9.13 Å². The maximum Gasteiger partial charge on any atom is 0.417 e. The van der Waals surface area contributed by atoms with E-state index in [2.05, 4.69) is 49.7 Å². The number of nitrogens with zero attached hydrogens (tertiary/aromatic N) is 11. The molecular formula is C71H29F6N11. The molecule has 0 fully saturated rings. The van der Waals surface area contributed by atoms with Crippen LogP contribution in [0.25, 0.3) is 130 Å². The summed E-state index contributed by atoms with van der Waals surface area (Å²) in [6, 6.07) is 53.5. The Morgan fingerprint density at radius 2 is 0.659 bits per heavy atom. The van der Waals surface area contributed by atoms with Crippen LogP contribution in [0.2, 0.25) is 0 Å². The van der Waals surface area contributed by atoms with Gasteiger partial charge >= 0.3 is 12.4 Å². The molecular weight excluding hydrogens is 1120 g/mol. The fourth-order valence-electron chi connectivity index (χ4n) is 11.3.